The Hall–Kier alpha value is -3.57. The molecule has 0 saturated carbocycles. The molecule has 1 saturated heterocycles. The third-order valence-electron chi connectivity index (χ3n) is 5.59. The second-order valence-corrected chi connectivity index (χ2v) is 8.12. The molecule has 3 atom stereocenters. The standard InChI is InChI=1S/C23H25N7O/c1-15-9-18(29-23(31)19(25)10-16-3-2-6-26-12-16)14-30(13-15)20-5-4-17(11-24)21-22(20)28-8-7-27-21/h2-8,12,15,18-19H,9-10,13-14,25H2,1H3,(H,29,31)/t15-,18+,19-/m0/s1. The molecule has 1 amide bonds. The van der Waals surface area contributed by atoms with Crippen LogP contribution in [0.2, 0.25) is 0 Å². The first-order valence-electron chi connectivity index (χ1n) is 10.4. The molecule has 3 aromatic rings. The highest BCUT2D eigenvalue weighted by molar-refractivity contribution is 5.92. The maximum Gasteiger partial charge on any atom is 0.237 e. The quantitative estimate of drug-likeness (QED) is 0.652. The number of anilines is 1. The van der Waals surface area contributed by atoms with Gasteiger partial charge in [0.15, 0.2) is 0 Å². The average molecular weight is 416 g/mol. The highest BCUT2D eigenvalue weighted by atomic mass is 16.2. The van der Waals surface area contributed by atoms with Gasteiger partial charge in [0.05, 0.1) is 17.3 Å². The molecule has 8 nitrogen and oxygen atoms in total. The predicted octanol–water partition coefficient (Wildman–Crippen LogP) is 1.80. The summed E-state index contributed by atoms with van der Waals surface area (Å²) in [7, 11) is 0. The lowest BCUT2D eigenvalue weighted by Crippen LogP contribution is -2.54. The molecule has 0 spiro atoms. The molecular weight excluding hydrogens is 390 g/mol. The number of nitriles is 1. The van der Waals surface area contributed by atoms with Gasteiger partial charge in [-0.1, -0.05) is 13.0 Å². The molecule has 0 bridgehead atoms. The Bertz CT molecular complexity index is 1110. The van der Waals surface area contributed by atoms with E-state index in [2.05, 4.69) is 38.2 Å². The maximum atomic E-state index is 12.7. The molecule has 3 N–H and O–H groups in total. The molecular formula is C23H25N7O. The van der Waals surface area contributed by atoms with Gasteiger partial charge < -0.3 is 16.0 Å². The lowest BCUT2D eigenvalue weighted by atomic mass is 9.94. The summed E-state index contributed by atoms with van der Waals surface area (Å²) >= 11 is 0. The SMILES string of the molecule is C[C@H]1C[C@@H](NC(=O)[C@@H](N)Cc2cccnc2)CN(c2ccc(C#N)c3nccnc23)C1. The summed E-state index contributed by atoms with van der Waals surface area (Å²) in [5.74, 6) is 0.211. The van der Waals surface area contributed by atoms with Gasteiger partial charge >= 0.3 is 0 Å². The number of rotatable bonds is 5. The van der Waals surface area contributed by atoms with E-state index in [0.29, 0.717) is 35.5 Å². The van der Waals surface area contributed by atoms with Gasteiger partial charge in [-0.2, -0.15) is 5.26 Å². The number of carbonyl (C=O) groups is 1. The van der Waals surface area contributed by atoms with Crippen molar-refractivity contribution in [1.29, 1.82) is 5.26 Å². The summed E-state index contributed by atoms with van der Waals surface area (Å²) in [6, 6.07) is 8.98. The molecule has 0 aliphatic carbocycles. The molecule has 31 heavy (non-hydrogen) atoms. The van der Waals surface area contributed by atoms with Crippen LogP contribution in [-0.2, 0) is 11.2 Å². The van der Waals surface area contributed by atoms with Crippen molar-refractivity contribution in [1.82, 2.24) is 20.3 Å². The Morgan fingerprint density at radius 1 is 1.26 bits per heavy atom. The fraction of sp³-hybridized carbons (Fsp3) is 0.348. The monoisotopic (exact) mass is 415 g/mol. The van der Waals surface area contributed by atoms with Crippen LogP contribution in [0.3, 0.4) is 0 Å². The smallest absolute Gasteiger partial charge is 0.237 e. The number of hydrogen-bond donors (Lipinski definition) is 2. The summed E-state index contributed by atoms with van der Waals surface area (Å²) in [6.07, 6.45) is 7.98. The van der Waals surface area contributed by atoms with Crippen LogP contribution in [-0.4, -0.2) is 46.0 Å². The lowest BCUT2D eigenvalue weighted by molar-refractivity contribution is -0.123. The highest BCUT2D eigenvalue weighted by Gasteiger charge is 2.29. The van der Waals surface area contributed by atoms with Crippen LogP contribution in [0.25, 0.3) is 11.0 Å². The van der Waals surface area contributed by atoms with Gasteiger partial charge in [-0.25, -0.2) is 0 Å². The number of carbonyl (C=O) groups excluding carboxylic acids is 1. The van der Waals surface area contributed by atoms with E-state index in [9.17, 15) is 10.1 Å². The topological polar surface area (TPSA) is 121 Å². The van der Waals surface area contributed by atoms with Crippen LogP contribution in [0.1, 0.15) is 24.5 Å². The van der Waals surface area contributed by atoms with Gasteiger partial charge in [-0.15, -0.1) is 0 Å². The molecule has 158 valence electrons. The van der Waals surface area contributed by atoms with Crippen molar-refractivity contribution in [2.45, 2.75) is 31.8 Å². The second-order valence-electron chi connectivity index (χ2n) is 8.12. The molecule has 2 aromatic heterocycles. The van der Waals surface area contributed by atoms with E-state index in [-0.39, 0.29) is 11.9 Å². The van der Waals surface area contributed by atoms with Crippen molar-refractivity contribution >= 4 is 22.6 Å². The Balaban J connectivity index is 1.49. The zero-order chi connectivity index (χ0) is 21.8. The summed E-state index contributed by atoms with van der Waals surface area (Å²) in [5.41, 5.74) is 9.81. The number of fused-ring (bicyclic) bond motifs is 1. The fourth-order valence-corrected chi connectivity index (χ4v) is 4.21. The Labute approximate surface area is 181 Å². The third-order valence-corrected chi connectivity index (χ3v) is 5.59. The molecule has 0 radical (unpaired) electrons. The first-order valence-corrected chi connectivity index (χ1v) is 10.4. The van der Waals surface area contributed by atoms with Gasteiger partial charge in [0.2, 0.25) is 5.91 Å². The van der Waals surface area contributed by atoms with Crippen molar-refractivity contribution in [2.24, 2.45) is 11.7 Å². The van der Waals surface area contributed by atoms with E-state index >= 15 is 0 Å². The van der Waals surface area contributed by atoms with Crippen molar-refractivity contribution < 1.29 is 4.79 Å². The molecule has 8 heteroatoms. The van der Waals surface area contributed by atoms with Crippen LogP contribution >= 0.6 is 0 Å². The first kappa shape index (κ1) is 20.7. The number of pyridine rings is 1. The number of nitrogens with one attached hydrogen (secondary N) is 1. The number of benzene rings is 1. The van der Waals surface area contributed by atoms with Gasteiger partial charge in [0.25, 0.3) is 0 Å². The van der Waals surface area contributed by atoms with Crippen molar-refractivity contribution in [3.05, 3.63) is 60.2 Å². The molecule has 0 unspecified atom stereocenters. The Morgan fingerprint density at radius 2 is 2.06 bits per heavy atom. The zero-order valence-electron chi connectivity index (χ0n) is 17.4. The van der Waals surface area contributed by atoms with Crippen molar-refractivity contribution in [3.8, 4) is 6.07 Å². The van der Waals surface area contributed by atoms with E-state index in [1.54, 1.807) is 30.9 Å². The molecule has 3 heterocycles. The number of aromatic nitrogens is 3. The van der Waals surface area contributed by atoms with Crippen LogP contribution in [0.5, 0.6) is 0 Å². The minimum absolute atomic E-state index is 0.0291. The Morgan fingerprint density at radius 3 is 2.81 bits per heavy atom. The molecule has 4 rings (SSSR count). The zero-order valence-corrected chi connectivity index (χ0v) is 17.4. The van der Waals surface area contributed by atoms with Crippen LogP contribution in [0.4, 0.5) is 5.69 Å². The first-order chi connectivity index (χ1) is 15.0. The van der Waals surface area contributed by atoms with Gasteiger partial charge in [0, 0.05) is 43.9 Å². The van der Waals surface area contributed by atoms with Gasteiger partial charge in [0.1, 0.15) is 17.1 Å². The molecule has 1 aliphatic rings. The summed E-state index contributed by atoms with van der Waals surface area (Å²) in [5, 5.41) is 12.5. The minimum atomic E-state index is -0.628. The Kier molecular flexibility index (Phi) is 6.05. The second kappa shape index (κ2) is 9.06. The normalized spacial score (nSPS) is 19.6. The number of amides is 1. The van der Waals surface area contributed by atoms with E-state index in [0.717, 1.165) is 24.2 Å². The number of nitrogens with zero attached hydrogens (tertiary/aromatic N) is 5. The van der Waals surface area contributed by atoms with Crippen LogP contribution in [0, 0.1) is 17.2 Å². The van der Waals surface area contributed by atoms with E-state index < -0.39 is 6.04 Å². The van der Waals surface area contributed by atoms with Crippen LogP contribution < -0.4 is 16.0 Å². The van der Waals surface area contributed by atoms with E-state index in [1.807, 2.05) is 18.2 Å². The summed E-state index contributed by atoms with van der Waals surface area (Å²) in [6.45, 7) is 3.65. The molecule has 1 fully saturated rings. The van der Waals surface area contributed by atoms with E-state index in [4.69, 9.17) is 5.73 Å². The average Bonchev–Trinajstić information content (AvgIpc) is 2.78. The number of piperidine rings is 1. The minimum Gasteiger partial charge on any atom is -0.367 e. The highest BCUT2D eigenvalue weighted by Crippen LogP contribution is 2.30. The van der Waals surface area contributed by atoms with Crippen molar-refractivity contribution in [2.75, 3.05) is 18.0 Å². The summed E-state index contributed by atoms with van der Waals surface area (Å²) < 4.78 is 0. The van der Waals surface area contributed by atoms with Crippen LogP contribution in [0.15, 0.2) is 49.1 Å². The maximum absolute atomic E-state index is 12.7. The number of nitrogens with two attached hydrogens (primary N) is 1. The van der Waals surface area contributed by atoms with Gasteiger partial charge in [-0.3, -0.25) is 19.7 Å². The number of hydrogen-bond acceptors (Lipinski definition) is 7. The summed E-state index contributed by atoms with van der Waals surface area (Å²) in [4.78, 5) is 27.9. The lowest BCUT2D eigenvalue weighted by Gasteiger charge is -2.38. The largest absolute Gasteiger partial charge is 0.367 e. The molecule has 1 aliphatic heterocycles. The van der Waals surface area contributed by atoms with E-state index in [1.165, 1.54) is 0 Å². The van der Waals surface area contributed by atoms with Gasteiger partial charge in [-0.05, 0) is 42.5 Å². The fourth-order valence-electron chi connectivity index (χ4n) is 4.21. The van der Waals surface area contributed by atoms with Crippen molar-refractivity contribution in [3.63, 3.8) is 0 Å². The predicted molar refractivity (Wildman–Crippen MR) is 118 cm³/mol. The third kappa shape index (κ3) is 4.62. The molecule has 1 aromatic carbocycles.